The van der Waals surface area contributed by atoms with Crippen LogP contribution in [0.15, 0.2) is 47.0 Å². The maximum absolute atomic E-state index is 13.3. The molecular weight excluding hydrogens is 327 g/mol. The summed E-state index contributed by atoms with van der Waals surface area (Å²) in [7, 11) is 0. The third-order valence-corrected chi connectivity index (χ3v) is 6.26. The van der Waals surface area contributed by atoms with E-state index in [2.05, 4.69) is 41.2 Å². The minimum absolute atomic E-state index is 0.274. The Morgan fingerprint density at radius 3 is 2.81 bits per heavy atom. The molecule has 1 atom stereocenters. The molecule has 5 rings (SSSR count). The number of rotatable bonds is 3. The van der Waals surface area contributed by atoms with Gasteiger partial charge in [-0.2, -0.15) is 0 Å². The van der Waals surface area contributed by atoms with E-state index in [1.807, 2.05) is 0 Å². The van der Waals surface area contributed by atoms with Gasteiger partial charge in [-0.25, -0.2) is 4.39 Å². The van der Waals surface area contributed by atoms with Crippen LogP contribution < -0.4 is 0 Å². The monoisotopic (exact) mass is 350 g/mol. The summed E-state index contributed by atoms with van der Waals surface area (Å²) in [5.41, 5.74) is 4.88. The van der Waals surface area contributed by atoms with E-state index in [1.54, 1.807) is 6.07 Å². The topological polar surface area (TPSA) is 29.3 Å². The van der Waals surface area contributed by atoms with Crippen LogP contribution in [0, 0.1) is 5.82 Å². The van der Waals surface area contributed by atoms with E-state index >= 15 is 0 Å². The number of hydrogen-bond acceptors (Lipinski definition) is 3. The van der Waals surface area contributed by atoms with Crippen molar-refractivity contribution in [3.63, 3.8) is 0 Å². The van der Waals surface area contributed by atoms with E-state index in [0.717, 1.165) is 43.6 Å². The molecule has 0 radical (unpaired) electrons. The Kier molecular flexibility index (Phi) is 3.64. The number of fused-ring (bicyclic) bond motifs is 2. The number of halogens is 1. The predicted molar refractivity (Wildman–Crippen MR) is 99.9 cm³/mol. The lowest BCUT2D eigenvalue weighted by Gasteiger charge is -2.45. The van der Waals surface area contributed by atoms with E-state index in [-0.39, 0.29) is 5.82 Å². The Morgan fingerprint density at radius 1 is 1.19 bits per heavy atom. The van der Waals surface area contributed by atoms with Crippen molar-refractivity contribution >= 4 is 11.0 Å². The van der Waals surface area contributed by atoms with Crippen molar-refractivity contribution in [2.24, 2.45) is 0 Å². The van der Waals surface area contributed by atoms with Gasteiger partial charge >= 0.3 is 0 Å². The Morgan fingerprint density at radius 2 is 2.00 bits per heavy atom. The molecule has 0 saturated carbocycles. The molecule has 2 heterocycles. The summed E-state index contributed by atoms with van der Waals surface area (Å²) in [6, 6.07) is 13.5. The second-order valence-electron chi connectivity index (χ2n) is 8.15. The Hall–Kier alpha value is -2.20. The highest BCUT2D eigenvalue weighted by molar-refractivity contribution is 5.79. The number of nitrogens with zero attached hydrogens (tertiary/aromatic N) is 2. The van der Waals surface area contributed by atoms with Crippen molar-refractivity contribution in [3.8, 4) is 0 Å². The third-order valence-electron chi connectivity index (χ3n) is 6.26. The molecule has 0 amide bonds. The molecule has 134 valence electrons. The molecule has 3 nitrogen and oxygen atoms in total. The van der Waals surface area contributed by atoms with Crippen LogP contribution in [0.4, 0.5) is 4.39 Å². The van der Waals surface area contributed by atoms with Crippen molar-refractivity contribution in [3.05, 3.63) is 65.1 Å². The summed E-state index contributed by atoms with van der Waals surface area (Å²) in [6.07, 6.45) is 3.34. The molecule has 3 aromatic rings. The first-order valence-electron chi connectivity index (χ1n) is 9.48. The third kappa shape index (κ3) is 2.55. The highest BCUT2D eigenvalue weighted by Gasteiger charge is 2.40. The van der Waals surface area contributed by atoms with E-state index in [4.69, 9.17) is 4.52 Å². The van der Waals surface area contributed by atoms with E-state index in [0.29, 0.717) is 16.9 Å². The molecule has 0 bridgehead atoms. The number of benzene rings is 2. The largest absolute Gasteiger partial charge is 0.356 e. The van der Waals surface area contributed by atoms with Gasteiger partial charge in [0.15, 0.2) is 5.58 Å². The van der Waals surface area contributed by atoms with E-state index in [9.17, 15) is 4.39 Å². The van der Waals surface area contributed by atoms with Gasteiger partial charge in [-0.05, 0) is 55.6 Å². The molecule has 1 aliphatic heterocycles. The fraction of sp³-hybridized carbons (Fsp3) is 0.409. The summed E-state index contributed by atoms with van der Waals surface area (Å²) in [6.45, 7) is 5.68. The zero-order chi connectivity index (χ0) is 17.7. The van der Waals surface area contributed by atoms with Crippen LogP contribution in [-0.4, -0.2) is 29.7 Å². The van der Waals surface area contributed by atoms with Crippen LogP contribution in [0.1, 0.15) is 42.5 Å². The molecule has 2 aromatic carbocycles. The van der Waals surface area contributed by atoms with Crippen molar-refractivity contribution in [2.45, 2.75) is 37.5 Å². The summed E-state index contributed by atoms with van der Waals surface area (Å²) in [4.78, 5) is 2.59. The maximum atomic E-state index is 13.3. The first kappa shape index (κ1) is 16.0. The van der Waals surface area contributed by atoms with Crippen molar-refractivity contribution in [1.82, 2.24) is 10.1 Å². The number of piperidine rings is 1. The van der Waals surface area contributed by atoms with Crippen molar-refractivity contribution < 1.29 is 8.91 Å². The van der Waals surface area contributed by atoms with Crippen LogP contribution >= 0.6 is 0 Å². The average molecular weight is 350 g/mol. The highest BCUT2D eigenvalue weighted by atomic mass is 19.1. The smallest absolute Gasteiger partial charge is 0.170 e. The molecule has 26 heavy (non-hydrogen) atoms. The lowest BCUT2D eigenvalue weighted by atomic mass is 9.65. The zero-order valence-electron chi connectivity index (χ0n) is 15.0. The van der Waals surface area contributed by atoms with Crippen LogP contribution in [0.2, 0.25) is 0 Å². The molecule has 0 N–H and O–H groups in total. The Labute approximate surface area is 152 Å². The molecule has 1 fully saturated rings. The van der Waals surface area contributed by atoms with Gasteiger partial charge in [0.05, 0.1) is 5.69 Å². The molecule has 4 heteroatoms. The summed E-state index contributed by atoms with van der Waals surface area (Å²) in [5, 5.41) is 5.22. The normalized spacial score (nSPS) is 23.8. The fourth-order valence-electron chi connectivity index (χ4n) is 4.90. The van der Waals surface area contributed by atoms with E-state index in [1.165, 1.54) is 29.7 Å². The highest BCUT2D eigenvalue weighted by Crippen LogP contribution is 2.42. The standard InChI is InChI=1S/C22H23FN2O/c1-22(13-16-4-2-3-5-19(16)22)14-25-10-8-15(9-11-25)21-18-7-6-17(23)12-20(18)26-24-21/h2-7,12,15H,8-11,13-14H2,1H3. The number of likely N-dealkylation sites (tertiary alicyclic amines) is 1. The van der Waals surface area contributed by atoms with Crippen molar-refractivity contribution in [2.75, 3.05) is 19.6 Å². The minimum Gasteiger partial charge on any atom is -0.356 e. The molecule has 1 saturated heterocycles. The zero-order valence-corrected chi connectivity index (χ0v) is 15.0. The van der Waals surface area contributed by atoms with Gasteiger partial charge in [-0.15, -0.1) is 0 Å². The van der Waals surface area contributed by atoms with Gasteiger partial charge in [0, 0.05) is 29.3 Å². The quantitative estimate of drug-likeness (QED) is 0.688. The predicted octanol–water partition coefficient (Wildman–Crippen LogP) is 4.66. The molecular formula is C22H23FN2O. The molecule has 2 aliphatic rings. The molecule has 1 unspecified atom stereocenters. The summed E-state index contributed by atoms with van der Waals surface area (Å²) >= 11 is 0. The second kappa shape index (κ2) is 5.92. The first-order chi connectivity index (χ1) is 12.6. The molecule has 0 spiro atoms. The molecule has 1 aromatic heterocycles. The number of aromatic nitrogens is 1. The van der Waals surface area contributed by atoms with Gasteiger partial charge < -0.3 is 9.42 Å². The number of hydrogen-bond donors (Lipinski definition) is 0. The lowest BCUT2D eigenvalue weighted by Crippen LogP contribution is -2.48. The van der Waals surface area contributed by atoms with Gasteiger partial charge in [-0.3, -0.25) is 0 Å². The van der Waals surface area contributed by atoms with Gasteiger partial charge in [0.25, 0.3) is 0 Å². The van der Waals surface area contributed by atoms with Crippen LogP contribution in [-0.2, 0) is 11.8 Å². The minimum atomic E-state index is -0.274. The van der Waals surface area contributed by atoms with Crippen LogP contribution in [0.5, 0.6) is 0 Å². The lowest BCUT2D eigenvalue weighted by molar-refractivity contribution is 0.159. The van der Waals surface area contributed by atoms with Crippen LogP contribution in [0.25, 0.3) is 11.0 Å². The van der Waals surface area contributed by atoms with Gasteiger partial charge in [0.2, 0.25) is 0 Å². The Bertz CT molecular complexity index is 958. The second-order valence-corrected chi connectivity index (χ2v) is 8.15. The van der Waals surface area contributed by atoms with Gasteiger partial charge in [-0.1, -0.05) is 36.3 Å². The summed E-state index contributed by atoms with van der Waals surface area (Å²) in [5.74, 6) is 0.128. The first-order valence-corrected chi connectivity index (χ1v) is 9.48. The SMILES string of the molecule is CC1(CN2CCC(c3noc4cc(F)ccc34)CC2)Cc2ccccc21. The maximum Gasteiger partial charge on any atom is 0.170 e. The van der Waals surface area contributed by atoms with Crippen LogP contribution in [0.3, 0.4) is 0 Å². The van der Waals surface area contributed by atoms with E-state index < -0.39 is 0 Å². The summed E-state index contributed by atoms with van der Waals surface area (Å²) < 4.78 is 18.7. The average Bonchev–Trinajstić information content (AvgIpc) is 3.05. The Balaban J connectivity index is 1.27. The fourth-order valence-corrected chi connectivity index (χ4v) is 4.90. The molecule has 1 aliphatic carbocycles. The van der Waals surface area contributed by atoms with Gasteiger partial charge in [0.1, 0.15) is 5.82 Å². The van der Waals surface area contributed by atoms with Crippen molar-refractivity contribution in [1.29, 1.82) is 0 Å².